The number of carbonyl (C=O) groups is 2. The SMILES string of the molecule is COc1ccccc1CN(C)C(=O)COC(=O)/C=C/c1ccc(C)cc1. The number of rotatable bonds is 7. The predicted octanol–water partition coefficient (Wildman–Crippen LogP) is 3.22. The molecule has 26 heavy (non-hydrogen) atoms. The zero-order chi connectivity index (χ0) is 18.9. The third-order valence-corrected chi connectivity index (χ3v) is 3.85. The summed E-state index contributed by atoms with van der Waals surface area (Å²) in [5.41, 5.74) is 2.93. The first-order chi connectivity index (χ1) is 12.5. The van der Waals surface area contributed by atoms with Crippen LogP contribution in [0.1, 0.15) is 16.7 Å². The van der Waals surface area contributed by atoms with Gasteiger partial charge in [-0.2, -0.15) is 0 Å². The molecule has 2 aromatic carbocycles. The van der Waals surface area contributed by atoms with Crippen LogP contribution < -0.4 is 4.74 Å². The molecule has 0 aromatic heterocycles. The molecule has 0 N–H and O–H groups in total. The van der Waals surface area contributed by atoms with Crippen LogP contribution in [-0.4, -0.2) is 37.5 Å². The summed E-state index contributed by atoms with van der Waals surface area (Å²) in [5.74, 6) is -0.122. The van der Waals surface area contributed by atoms with Crippen molar-refractivity contribution in [3.05, 3.63) is 71.3 Å². The molecule has 2 rings (SSSR count). The van der Waals surface area contributed by atoms with Gasteiger partial charge in [0.1, 0.15) is 5.75 Å². The predicted molar refractivity (Wildman–Crippen MR) is 101 cm³/mol. The summed E-state index contributed by atoms with van der Waals surface area (Å²) in [6, 6.07) is 15.2. The van der Waals surface area contributed by atoms with Gasteiger partial charge in [-0.1, -0.05) is 48.0 Å². The van der Waals surface area contributed by atoms with Crippen molar-refractivity contribution in [1.82, 2.24) is 4.90 Å². The first-order valence-electron chi connectivity index (χ1n) is 8.27. The van der Waals surface area contributed by atoms with Crippen molar-refractivity contribution < 1.29 is 19.1 Å². The van der Waals surface area contributed by atoms with Crippen LogP contribution in [0, 0.1) is 6.92 Å². The first-order valence-corrected chi connectivity index (χ1v) is 8.27. The molecule has 0 bridgehead atoms. The second-order valence-electron chi connectivity index (χ2n) is 5.91. The Kier molecular flexibility index (Phi) is 6.97. The molecule has 0 radical (unpaired) electrons. The molecule has 2 aromatic rings. The van der Waals surface area contributed by atoms with Gasteiger partial charge in [0.05, 0.1) is 7.11 Å². The van der Waals surface area contributed by atoms with Gasteiger partial charge in [0.2, 0.25) is 0 Å². The number of nitrogens with zero attached hydrogens (tertiary/aromatic N) is 1. The molecular formula is C21H23NO4. The number of ether oxygens (including phenoxy) is 2. The minimum Gasteiger partial charge on any atom is -0.496 e. The summed E-state index contributed by atoms with van der Waals surface area (Å²) in [7, 11) is 3.24. The summed E-state index contributed by atoms with van der Waals surface area (Å²) in [6.45, 7) is 2.07. The molecule has 0 spiro atoms. The Hall–Kier alpha value is -3.08. The van der Waals surface area contributed by atoms with Crippen LogP contribution in [0.5, 0.6) is 5.75 Å². The van der Waals surface area contributed by atoms with E-state index in [1.165, 1.54) is 11.0 Å². The molecule has 5 nitrogen and oxygen atoms in total. The highest BCUT2D eigenvalue weighted by Gasteiger charge is 2.13. The number of para-hydroxylation sites is 1. The Labute approximate surface area is 153 Å². The van der Waals surface area contributed by atoms with Gasteiger partial charge in [0.25, 0.3) is 5.91 Å². The van der Waals surface area contributed by atoms with E-state index in [1.54, 1.807) is 20.2 Å². The van der Waals surface area contributed by atoms with Crippen LogP contribution in [-0.2, 0) is 20.9 Å². The normalized spacial score (nSPS) is 10.6. The van der Waals surface area contributed by atoms with Crippen LogP contribution >= 0.6 is 0 Å². The van der Waals surface area contributed by atoms with E-state index >= 15 is 0 Å². The molecule has 0 aliphatic carbocycles. The second kappa shape index (κ2) is 9.42. The zero-order valence-corrected chi connectivity index (χ0v) is 15.3. The van der Waals surface area contributed by atoms with E-state index in [-0.39, 0.29) is 12.5 Å². The number of aryl methyl sites for hydroxylation is 1. The van der Waals surface area contributed by atoms with E-state index in [4.69, 9.17) is 9.47 Å². The van der Waals surface area contributed by atoms with Gasteiger partial charge in [-0.05, 0) is 24.6 Å². The zero-order valence-electron chi connectivity index (χ0n) is 15.3. The largest absolute Gasteiger partial charge is 0.496 e. The quantitative estimate of drug-likeness (QED) is 0.566. The van der Waals surface area contributed by atoms with Crippen LogP contribution in [0.2, 0.25) is 0 Å². The Bertz CT molecular complexity index is 781. The van der Waals surface area contributed by atoms with Gasteiger partial charge in [-0.25, -0.2) is 4.79 Å². The smallest absolute Gasteiger partial charge is 0.331 e. The van der Waals surface area contributed by atoms with Crippen LogP contribution in [0.25, 0.3) is 6.08 Å². The molecule has 0 fully saturated rings. The number of methoxy groups -OCH3 is 1. The third kappa shape index (κ3) is 5.77. The molecule has 0 aliphatic heterocycles. The molecule has 0 saturated carbocycles. The summed E-state index contributed by atoms with van der Waals surface area (Å²) < 4.78 is 10.3. The van der Waals surface area contributed by atoms with Crippen molar-refractivity contribution in [2.75, 3.05) is 20.8 Å². The summed E-state index contributed by atoms with van der Waals surface area (Å²) in [4.78, 5) is 25.4. The Morgan fingerprint density at radius 3 is 2.46 bits per heavy atom. The molecule has 0 saturated heterocycles. The van der Waals surface area contributed by atoms with Gasteiger partial charge >= 0.3 is 5.97 Å². The fourth-order valence-corrected chi connectivity index (χ4v) is 2.31. The fourth-order valence-electron chi connectivity index (χ4n) is 2.31. The van der Waals surface area contributed by atoms with E-state index in [2.05, 4.69) is 0 Å². The van der Waals surface area contributed by atoms with Crippen LogP contribution in [0.15, 0.2) is 54.6 Å². The molecule has 136 valence electrons. The molecular weight excluding hydrogens is 330 g/mol. The number of likely N-dealkylation sites (N-methyl/N-ethyl adjacent to an activating group) is 1. The van der Waals surface area contributed by atoms with Crippen molar-refractivity contribution in [1.29, 1.82) is 0 Å². The number of esters is 1. The summed E-state index contributed by atoms with van der Waals surface area (Å²) in [6.07, 6.45) is 2.98. The first kappa shape index (κ1) is 19.2. The standard InChI is InChI=1S/C21H23NO4/c1-16-8-10-17(11-9-16)12-13-21(24)26-15-20(23)22(2)14-18-6-4-5-7-19(18)25-3/h4-13H,14-15H2,1-3H3/b13-12+. The van der Waals surface area contributed by atoms with Crippen molar-refractivity contribution in [3.63, 3.8) is 0 Å². The maximum absolute atomic E-state index is 12.1. The maximum Gasteiger partial charge on any atom is 0.331 e. The molecule has 0 aliphatic rings. The Balaban J connectivity index is 1.83. The lowest BCUT2D eigenvalue weighted by molar-refractivity contribution is -0.147. The average molecular weight is 353 g/mol. The van der Waals surface area contributed by atoms with E-state index in [0.717, 1.165) is 16.7 Å². The van der Waals surface area contributed by atoms with E-state index in [9.17, 15) is 9.59 Å². The Morgan fingerprint density at radius 1 is 1.08 bits per heavy atom. The van der Waals surface area contributed by atoms with Crippen molar-refractivity contribution >= 4 is 18.0 Å². The van der Waals surface area contributed by atoms with Crippen molar-refractivity contribution in [2.45, 2.75) is 13.5 Å². The van der Waals surface area contributed by atoms with E-state index in [0.29, 0.717) is 12.3 Å². The van der Waals surface area contributed by atoms with Crippen molar-refractivity contribution in [3.8, 4) is 5.75 Å². The van der Waals surface area contributed by atoms with Gasteiger partial charge in [-0.3, -0.25) is 4.79 Å². The lowest BCUT2D eigenvalue weighted by atomic mass is 10.1. The minimum absolute atomic E-state index is 0.284. The summed E-state index contributed by atoms with van der Waals surface area (Å²) >= 11 is 0. The van der Waals surface area contributed by atoms with Crippen LogP contribution in [0.4, 0.5) is 0 Å². The average Bonchev–Trinajstić information content (AvgIpc) is 2.66. The van der Waals surface area contributed by atoms with Crippen LogP contribution in [0.3, 0.4) is 0 Å². The van der Waals surface area contributed by atoms with Gasteiger partial charge in [0, 0.05) is 25.2 Å². The van der Waals surface area contributed by atoms with Gasteiger partial charge in [0.15, 0.2) is 6.61 Å². The fraction of sp³-hybridized carbons (Fsp3) is 0.238. The van der Waals surface area contributed by atoms with E-state index < -0.39 is 5.97 Å². The highest BCUT2D eigenvalue weighted by molar-refractivity contribution is 5.89. The van der Waals surface area contributed by atoms with Gasteiger partial charge < -0.3 is 14.4 Å². The molecule has 0 heterocycles. The minimum atomic E-state index is -0.551. The van der Waals surface area contributed by atoms with Gasteiger partial charge in [-0.15, -0.1) is 0 Å². The maximum atomic E-state index is 12.1. The lowest BCUT2D eigenvalue weighted by Crippen LogP contribution is -2.30. The number of hydrogen-bond acceptors (Lipinski definition) is 4. The third-order valence-electron chi connectivity index (χ3n) is 3.85. The molecule has 5 heteroatoms. The number of carbonyl (C=O) groups excluding carboxylic acids is 2. The summed E-state index contributed by atoms with van der Waals surface area (Å²) in [5, 5.41) is 0. The second-order valence-corrected chi connectivity index (χ2v) is 5.91. The molecule has 0 unspecified atom stereocenters. The van der Waals surface area contributed by atoms with E-state index in [1.807, 2.05) is 55.5 Å². The highest BCUT2D eigenvalue weighted by atomic mass is 16.5. The number of amides is 1. The monoisotopic (exact) mass is 353 g/mol. The molecule has 1 amide bonds. The lowest BCUT2D eigenvalue weighted by Gasteiger charge is -2.18. The topological polar surface area (TPSA) is 55.8 Å². The van der Waals surface area contributed by atoms with Crippen molar-refractivity contribution in [2.24, 2.45) is 0 Å². The Morgan fingerprint density at radius 2 is 1.77 bits per heavy atom. The number of hydrogen-bond donors (Lipinski definition) is 0. The molecule has 0 atom stereocenters. The number of benzene rings is 2. The highest BCUT2D eigenvalue weighted by Crippen LogP contribution is 2.18.